The van der Waals surface area contributed by atoms with E-state index in [4.69, 9.17) is 0 Å². The summed E-state index contributed by atoms with van der Waals surface area (Å²) in [5, 5.41) is 12.3. The number of nitrogens with zero attached hydrogens (tertiary/aromatic N) is 3. The second kappa shape index (κ2) is 10.5. The smallest absolute Gasteiger partial charge is 0.230 e. The number of carbonyl (C=O) groups is 1. The Morgan fingerprint density at radius 3 is 2.50 bits per heavy atom. The van der Waals surface area contributed by atoms with E-state index in [1.165, 1.54) is 17.3 Å². The van der Waals surface area contributed by atoms with Crippen molar-refractivity contribution in [1.29, 1.82) is 0 Å². The number of hydrogen-bond acceptors (Lipinski definition) is 4. The van der Waals surface area contributed by atoms with Gasteiger partial charge >= 0.3 is 0 Å². The van der Waals surface area contributed by atoms with E-state index in [1.54, 1.807) is 0 Å². The Morgan fingerprint density at radius 1 is 1.07 bits per heavy atom. The van der Waals surface area contributed by atoms with E-state index < -0.39 is 0 Å². The lowest BCUT2D eigenvalue weighted by atomic mass is 10.1. The molecule has 6 heteroatoms. The average Bonchev–Trinajstić information content (AvgIpc) is 3.14. The first-order chi connectivity index (χ1) is 13.8. The molecule has 0 bridgehead atoms. The van der Waals surface area contributed by atoms with Crippen molar-refractivity contribution < 1.29 is 4.79 Å². The summed E-state index contributed by atoms with van der Waals surface area (Å²) < 4.78 is 1.98. The topological polar surface area (TPSA) is 59.8 Å². The average molecular weight is 393 g/mol. The predicted octanol–water partition coefficient (Wildman–Crippen LogP) is 3.97. The van der Waals surface area contributed by atoms with Crippen LogP contribution in [0.2, 0.25) is 0 Å². The second-order valence-corrected chi connectivity index (χ2v) is 7.24. The summed E-state index contributed by atoms with van der Waals surface area (Å²) in [6.45, 7) is 5.08. The molecule has 144 valence electrons. The number of hydrogen-bond donors (Lipinski definition) is 1. The Labute approximate surface area is 169 Å². The zero-order valence-electron chi connectivity index (χ0n) is 15.8. The minimum absolute atomic E-state index is 0.00692. The third kappa shape index (κ3) is 5.57. The summed E-state index contributed by atoms with van der Waals surface area (Å²) in [7, 11) is 0. The highest BCUT2D eigenvalue weighted by Crippen LogP contribution is 2.23. The molecule has 0 radical (unpaired) electrons. The maximum Gasteiger partial charge on any atom is 0.230 e. The van der Waals surface area contributed by atoms with Crippen molar-refractivity contribution in [2.24, 2.45) is 0 Å². The number of benzene rings is 2. The Kier molecular flexibility index (Phi) is 7.44. The molecule has 0 aliphatic carbocycles. The highest BCUT2D eigenvalue weighted by Gasteiger charge is 2.14. The van der Waals surface area contributed by atoms with Gasteiger partial charge in [-0.1, -0.05) is 78.5 Å². The Morgan fingerprint density at radius 2 is 1.79 bits per heavy atom. The van der Waals surface area contributed by atoms with Gasteiger partial charge in [0.25, 0.3) is 0 Å². The van der Waals surface area contributed by atoms with Gasteiger partial charge in [0.05, 0.1) is 5.75 Å². The maximum absolute atomic E-state index is 12.2. The van der Waals surface area contributed by atoms with Crippen LogP contribution in [0, 0.1) is 0 Å². The van der Waals surface area contributed by atoms with Crippen molar-refractivity contribution >= 4 is 17.7 Å². The van der Waals surface area contributed by atoms with E-state index in [-0.39, 0.29) is 5.91 Å². The molecule has 3 rings (SSSR count). The first kappa shape index (κ1) is 19.9. The van der Waals surface area contributed by atoms with Gasteiger partial charge < -0.3 is 5.32 Å². The summed E-state index contributed by atoms with van der Waals surface area (Å²) in [5.74, 6) is 1.11. The molecule has 0 fully saturated rings. The fourth-order valence-corrected chi connectivity index (χ4v) is 3.61. The predicted molar refractivity (Wildman–Crippen MR) is 114 cm³/mol. The molecule has 0 saturated carbocycles. The number of nitrogens with one attached hydrogen (secondary N) is 1. The number of amides is 1. The number of thioether (sulfide) groups is 1. The second-order valence-electron chi connectivity index (χ2n) is 6.30. The summed E-state index contributed by atoms with van der Waals surface area (Å²) in [6, 6.07) is 20.2. The van der Waals surface area contributed by atoms with Crippen LogP contribution in [0.5, 0.6) is 0 Å². The molecule has 0 aliphatic rings. The van der Waals surface area contributed by atoms with Gasteiger partial charge in [-0.25, -0.2) is 0 Å². The molecule has 0 spiro atoms. The highest BCUT2D eigenvalue weighted by molar-refractivity contribution is 7.99. The van der Waals surface area contributed by atoms with Crippen LogP contribution in [0.1, 0.15) is 12.0 Å². The molecule has 2 aromatic carbocycles. The van der Waals surface area contributed by atoms with Gasteiger partial charge in [-0.05, 0) is 18.4 Å². The third-order valence-corrected chi connectivity index (χ3v) is 5.17. The summed E-state index contributed by atoms with van der Waals surface area (Å²) >= 11 is 1.39. The molecule has 3 aromatic rings. The summed E-state index contributed by atoms with van der Waals surface area (Å²) in [5.41, 5.74) is 2.28. The molecule has 1 amide bonds. The molecule has 5 nitrogen and oxygen atoms in total. The van der Waals surface area contributed by atoms with Crippen molar-refractivity contribution in [1.82, 2.24) is 20.1 Å². The Hall–Kier alpha value is -2.86. The number of rotatable bonds is 10. The Balaban J connectivity index is 1.50. The largest absolute Gasteiger partial charge is 0.355 e. The standard InChI is InChI=1S/C22H24N4OS/c1-2-16-26-21(19-13-7-4-8-14-19)24-25-22(26)28-17-20(27)23-15-9-12-18-10-5-3-6-11-18/h2-8,10-11,13-14H,1,9,12,15-17H2,(H,23,27). The van der Waals surface area contributed by atoms with Crippen LogP contribution in [0.25, 0.3) is 11.4 Å². The van der Waals surface area contributed by atoms with Crippen LogP contribution in [-0.4, -0.2) is 33.0 Å². The van der Waals surface area contributed by atoms with Crippen LogP contribution in [-0.2, 0) is 17.8 Å². The monoisotopic (exact) mass is 392 g/mol. The van der Waals surface area contributed by atoms with Crippen LogP contribution < -0.4 is 5.32 Å². The van der Waals surface area contributed by atoms with Crippen LogP contribution in [0.4, 0.5) is 0 Å². The molecule has 0 atom stereocenters. The molecule has 28 heavy (non-hydrogen) atoms. The Bertz CT molecular complexity index is 893. The minimum Gasteiger partial charge on any atom is -0.355 e. The lowest BCUT2D eigenvalue weighted by molar-refractivity contribution is -0.118. The van der Waals surface area contributed by atoms with Gasteiger partial charge in [0.2, 0.25) is 5.91 Å². The fourth-order valence-electron chi connectivity index (χ4n) is 2.84. The van der Waals surface area contributed by atoms with Gasteiger partial charge in [0, 0.05) is 18.7 Å². The number of allylic oxidation sites excluding steroid dienone is 1. The van der Waals surface area contributed by atoms with Crippen molar-refractivity contribution in [2.75, 3.05) is 12.3 Å². The van der Waals surface area contributed by atoms with Crippen LogP contribution in [0.15, 0.2) is 78.5 Å². The van der Waals surface area contributed by atoms with Gasteiger partial charge in [-0.2, -0.15) is 0 Å². The van der Waals surface area contributed by atoms with Gasteiger partial charge in [-0.15, -0.1) is 16.8 Å². The van der Waals surface area contributed by atoms with Crippen molar-refractivity contribution in [2.45, 2.75) is 24.5 Å². The van der Waals surface area contributed by atoms with E-state index in [1.807, 2.05) is 59.2 Å². The van der Waals surface area contributed by atoms with Gasteiger partial charge in [0.15, 0.2) is 11.0 Å². The number of carbonyl (C=O) groups excluding carboxylic acids is 1. The van der Waals surface area contributed by atoms with E-state index >= 15 is 0 Å². The van der Waals surface area contributed by atoms with Crippen molar-refractivity contribution in [3.05, 3.63) is 78.9 Å². The van der Waals surface area contributed by atoms with Crippen LogP contribution >= 0.6 is 11.8 Å². The molecule has 0 aliphatic heterocycles. The zero-order valence-corrected chi connectivity index (χ0v) is 16.6. The molecular weight excluding hydrogens is 368 g/mol. The normalized spacial score (nSPS) is 10.6. The summed E-state index contributed by atoms with van der Waals surface area (Å²) in [4.78, 5) is 12.2. The van der Waals surface area contributed by atoms with Crippen LogP contribution in [0.3, 0.4) is 0 Å². The lowest BCUT2D eigenvalue weighted by Crippen LogP contribution is -2.26. The molecular formula is C22H24N4OS. The number of aryl methyl sites for hydroxylation is 1. The molecule has 1 aromatic heterocycles. The zero-order chi connectivity index (χ0) is 19.6. The maximum atomic E-state index is 12.2. The van der Waals surface area contributed by atoms with E-state index in [2.05, 4.69) is 34.2 Å². The molecule has 0 unspecified atom stereocenters. The first-order valence-corrected chi connectivity index (χ1v) is 10.3. The summed E-state index contributed by atoms with van der Waals surface area (Å²) in [6.07, 6.45) is 3.69. The third-order valence-electron chi connectivity index (χ3n) is 4.20. The highest BCUT2D eigenvalue weighted by atomic mass is 32.2. The van der Waals surface area contributed by atoms with E-state index in [0.29, 0.717) is 18.8 Å². The quantitative estimate of drug-likeness (QED) is 0.322. The molecule has 0 saturated heterocycles. The van der Waals surface area contributed by atoms with Crippen molar-refractivity contribution in [3.8, 4) is 11.4 Å². The van der Waals surface area contributed by atoms with Gasteiger partial charge in [-0.3, -0.25) is 9.36 Å². The number of aromatic nitrogens is 3. The van der Waals surface area contributed by atoms with Gasteiger partial charge in [0.1, 0.15) is 0 Å². The molecule has 1 N–H and O–H groups in total. The molecule has 1 heterocycles. The fraction of sp³-hybridized carbons (Fsp3) is 0.227. The first-order valence-electron chi connectivity index (χ1n) is 9.31. The van der Waals surface area contributed by atoms with Crippen molar-refractivity contribution in [3.63, 3.8) is 0 Å². The van der Waals surface area contributed by atoms with E-state index in [0.717, 1.165) is 29.4 Å². The van der Waals surface area contributed by atoms with E-state index in [9.17, 15) is 4.79 Å². The lowest BCUT2D eigenvalue weighted by Gasteiger charge is -2.08. The minimum atomic E-state index is 0.00692. The SMILES string of the molecule is C=CCn1c(SCC(=O)NCCCc2ccccc2)nnc1-c1ccccc1.